The Morgan fingerprint density at radius 3 is 2.81 bits per heavy atom. The number of piperidine rings is 1. The second-order valence-corrected chi connectivity index (χ2v) is 7.50. The molecule has 116 valence electrons. The Morgan fingerprint density at radius 1 is 1.48 bits per heavy atom. The topological polar surface area (TPSA) is 96.0 Å². The Hall–Kier alpha value is -1.19. The first kappa shape index (κ1) is 16.2. The molecule has 1 aromatic carbocycles. The monoisotopic (exact) mass is 379 g/mol. The molecule has 2 rings (SSSR count). The third-order valence-corrected chi connectivity index (χ3v) is 5.83. The maximum Gasteiger partial charge on any atom is 0.246 e. The lowest BCUT2D eigenvalue weighted by Gasteiger charge is -2.33. The first-order valence-corrected chi connectivity index (χ1v) is 8.55. The number of amidine groups is 1. The number of nitrogens with zero attached hydrogens (tertiary/aromatic N) is 2. The van der Waals surface area contributed by atoms with E-state index in [1.807, 2.05) is 0 Å². The zero-order chi connectivity index (χ0) is 15.6. The number of hydrogen-bond acceptors (Lipinski definition) is 4. The van der Waals surface area contributed by atoms with Crippen molar-refractivity contribution in [3.63, 3.8) is 0 Å². The van der Waals surface area contributed by atoms with Gasteiger partial charge < -0.3 is 10.9 Å². The number of sulfonamides is 1. The molecule has 1 aromatic rings. The van der Waals surface area contributed by atoms with Crippen molar-refractivity contribution >= 4 is 31.8 Å². The van der Waals surface area contributed by atoms with Gasteiger partial charge in [0.05, 0.1) is 6.04 Å². The third kappa shape index (κ3) is 3.19. The highest BCUT2D eigenvalue weighted by Crippen LogP contribution is 2.28. The van der Waals surface area contributed by atoms with Crippen molar-refractivity contribution in [2.45, 2.75) is 30.2 Å². The van der Waals surface area contributed by atoms with Gasteiger partial charge in [0, 0.05) is 11.0 Å². The molecule has 1 fully saturated rings. The molecule has 1 aliphatic heterocycles. The molecule has 9 heteroatoms. The molecule has 6 nitrogen and oxygen atoms in total. The second kappa shape index (κ2) is 6.29. The first-order valence-electron chi connectivity index (χ1n) is 6.32. The molecule has 0 bridgehead atoms. The Bertz CT molecular complexity index is 666. The van der Waals surface area contributed by atoms with E-state index in [1.54, 1.807) is 0 Å². The number of nitrogens with two attached hydrogens (primary N) is 1. The maximum atomic E-state index is 14.0. The summed E-state index contributed by atoms with van der Waals surface area (Å²) in [5.74, 6) is -1.02. The number of oxime groups is 1. The lowest BCUT2D eigenvalue weighted by Crippen LogP contribution is -2.50. The van der Waals surface area contributed by atoms with E-state index in [0.717, 1.165) is 16.8 Å². The lowest BCUT2D eigenvalue weighted by molar-refractivity contribution is 0.280. The molecule has 0 saturated carbocycles. The van der Waals surface area contributed by atoms with Crippen LogP contribution in [0.3, 0.4) is 0 Å². The van der Waals surface area contributed by atoms with Crippen molar-refractivity contribution in [3.05, 3.63) is 28.5 Å². The molecule has 1 unspecified atom stereocenters. The summed E-state index contributed by atoms with van der Waals surface area (Å²) in [5, 5.41) is 11.7. The van der Waals surface area contributed by atoms with E-state index < -0.39 is 26.8 Å². The number of hydrogen-bond donors (Lipinski definition) is 2. The average Bonchev–Trinajstić information content (AvgIpc) is 2.46. The smallest absolute Gasteiger partial charge is 0.246 e. The second-order valence-electron chi connectivity index (χ2n) is 4.73. The van der Waals surface area contributed by atoms with Crippen LogP contribution in [-0.4, -0.2) is 36.4 Å². The zero-order valence-electron chi connectivity index (χ0n) is 11.0. The normalized spacial score (nSPS) is 21.4. The summed E-state index contributed by atoms with van der Waals surface area (Å²) in [6, 6.07) is 3.00. The van der Waals surface area contributed by atoms with Crippen LogP contribution in [0.15, 0.2) is 32.7 Å². The van der Waals surface area contributed by atoms with E-state index in [-0.39, 0.29) is 12.4 Å². The van der Waals surface area contributed by atoms with E-state index in [2.05, 4.69) is 21.1 Å². The van der Waals surface area contributed by atoms with Crippen molar-refractivity contribution in [1.29, 1.82) is 0 Å². The number of rotatable bonds is 3. The summed E-state index contributed by atoms with van der Waals surface area (Å²) in [5.41, 5.74) is 5.57. The number of benzene rings is 1. The molecular weight excluding hydrogens is 365 g/mol. The third-order valence-electron chi connectivity index (χ3n) is 3.39. The van der Waals surface area contributed by atoms with Gasteiger partial charge in [-0.05, 0) is 31.0 Å². The van der Waals surface area contributed by atoms with Crippen LogP contribution in [-0.2, 0) is 10.0 Å². The van der Waals surface area contributed by atoms with Crippen molar-refractivity contribution in [2.75, 3.05) is 6.54 Å². The molecule has 0 amide bonds. The molecule has 1 heterocycles. The SMILES string of the molecule is N/C(=N/O)C1CCCCN1S(=O)(=O)c1ccc(Br)cc1F. The van der Waals surface area contributed by atoms with E-state index in [1.165, 1.54) is 12.1 Å². The van der Waals surface area contributed by atoms with Crippen LogP contribution in [0.1, 0.15) is 19.3 Å². The quantitative estimate of drug-likeness (QED) is 0.362. The van der Waals surface area contributed by atoms with Gasteiger partial charge in [-0.3, -0.25) is 0 Å². The Kier molecular flexibility index (Phi) is 4.84. The molecule has 21 heavy (non-hydrogen) atoms. The highest BCUT2D eigenvalue weighted by atomic mass is 79.9. The Morgan fingerprint density at radius 2 is 2.19 bits per heavy atom. The first-order chi connectivity index (χ1) is 9.87. The molecule has 0 aliphatic carbocycles. The summed E-state index contributed by atoms with van der Waals surface area (Å²) < 4.78 is 40.8. The zero-order valence-corrected chi connectivity index (χ0v) is 13.4. The highest BCUT2D eigenvalue weighted by Gasteiger charge is 2.37. The molecule has 0 radical (unpaired) electrons. The molecule has 1 aliphatic rings. The summed E-state index contributed by atoms with van der Waals surface area (Å²) in [6.07, 6.45) is 1.84. The largest absolute Gasteiger partial charge is 0.409 e. The van der Waals surface area contributed by atoms with Gasteiger partial charge in [0.25, 0.3) is 0 Å². The predicted molar refractivity (Wildman–Crippen MR) is 79.0 cm³/mol. The van der Waals surface area contributed by atoms with E-state index >= 15 is 0 Å². The number of halogens is 2. The molecule has 1 atom stereocenters. The lowest BCUT2D eigenvalue weighted by atomic mass is 10.0. The highest BCUT2D eigenvalue weighted by molar-refractivity contribution is 9.10. The van der Waals surface area contributed by atoms with Crippen LogP contribution in [0.4, 0.5) is 4.39 Å². The van der Waals surface area contributed by atoms with E-state index in [4.69, 9.17) is 10.9 Å². The van der Waals surface area contributed by atoms with Crippen molar-refractivity contribution in [2.24, 2.45) is 10.9 Å². The van der Waals surface area contributed by atoms with Gasteiger partial charge in [-0.25, -0.2) is 12.8 Å². The van der Waals surface area contributed by atoms with Crippen LogP contribution >= 0.6 is 15.9 Å². The van der Waals surface area contributed by atoms with Gasteiger partial charge in [-0.2, -0.15) is 4.31 Å². The Balaban J connectivity index is 2.45. The summed E-state index contributed by atoms with van der Waals surface area (Å²) in [7, 11) is -4.05. The minimum absolute atomic E-state index is 0.184. The minimum Gasteiger partial charge on any atom is -0.409 e. The standard InChI is InChI=1S/C12H15BrFN3O3S/c13-8-4-5-11(9(14)7-8)21(19,20)17-6-2-1-3-10(17)12(15)16-18/h4-5,7,10,18H,1-3,6H2,(H2,15,16). The molecule has 0 aromatic heterocycles. The predicted octanol–water partition coefficient (Wildman–Crippen LogP) is 1.88. The van der Waals surface area contributed by atoms with Gasteiger partial charge in [0.1, 0.15) is 10.7 Å². The van der Waals surface area contributed by atoms with Crippen LogP contribution < -0.4 is 5.73 Å². The van der Waals surface area contributed by atoms with Gasteiger partial charge >= 0.3 is 0 Å². The van der Waals surface area contributed by atoms with Crippen molar-refractivity contribution in [1.82, 2.24) is 4.31 Å². The van der Waals surface area contributed by atoms with Gasteiger partial charge in [0.15, 0.2) is 5.84 Å². The maximum absolute atomic E-state index is 14.0. The molecule has 3 N–H and O–H groups in total. The summed E-state index contributed by atoms with van der Waals surface area (Å²) in [6.45, 7) is 0.207. The summed E-state index contributed by atoms with van der Waals surface area (Å²) >= 11 is 3.08. The fourth-order valence-electron chi connectivity index (χ4n) is 2.37. The van der Waals surface area contributed by atoms with Crippen LogP contribution in [0.2, 0.25) is 0 Å². The van der Waals surface area contributed by atoms with Crippen LogP contribution in [0, 0.1) is 5.82 Å². The van der Waals surface area contributed by atoms with Gasteiger partial charge in [-0.15, -0.1) is 0 Å². The van der Waals surface area contributed by atoms with Gasteiger partial charge in [-0.1, -0.05) is 27.5 Å². The van der Waals surface area contributed by atoms with E-state index in [9.17, 15) is 12.8 Å². The minimum atomic E-state index is -4.05. The fourth-order valence-corrected chi connectivity index (χ4v) is 4.41. The molecule has 1 saturated heterocycles. The average molecular weight is 380 g/mol. The fraction of sp³-hybridized carbons (Fsp3) is 0.417. The van der Waals surface area contributed by atoms with Gasteiger partial charge in [0.2, 0.25) is 10.0 Å². The molecular formula is C12H15BrFN3O3S. The summed E-state index contributed by atoms with van der Waals surface area (Å²) in [4.78, 5) is -0.414. The van der Waals surface area contributed by atoms with Crippen molar-refractivity contribution < 1.29 is 18.0 Å². The van der Waals surface area contributed by atoms with Crippen molar-refractivity contribution in [3.8, 4) is 0 Å². The van der Waals surface area contributed by atoms with Crippen LogP contribution in [0.25, 0.3) is 0 Å². The molecule has 0 spiro atoms. The van der Waals surface area contributed by atoms with E-state index in [0.29, 0.717) is 17.3 Å². The Labute approximate surface area is 130 Å². The van der Waals surface area contributed by atoms with Crippen LogP contribution in [0.5, 0.6) is 0 Å².